The van der Waals surface area contributed by atoms with Gasteiger partial charge in [-0.25, -0.2) is 0 Å². The van der Waals surface area contributed by atoms with Crippen LogP contribution in [0.5, 0.6) is 0 Å². The first-order chi connectivity index (χ1) is 8.06. The maximum atomic E-state index is 12.0. The Labute approximate surface area is 106 Å². The Morgan fingerprint density at radius 2 is 2.24 bits per heavy atom. The third-order valence-electron chi connectivity index (χ3n) is 2.37. The molecular weight excluding hydrogens is 240 g/mol. The second-order valence-electron chi connectivity index (χ2n) is 3.66. The highest BCUT2D eigenvalue weighted by molar-refractivity contribution is 6.33. The fraction of sp³-hybridized carbons (Fsp3) is 0.417. The van der Waals surface area contributed by atoms with E-state index in [-0.39, 0.29) is 5.91 Å². The van der Waals surface area contributed by atoms with Crippen molar-refractivity contribution in [1.29, 1.82) is 0 Å². The van der Waals surface area contributed by atoms with Crippen LogP contribution < -0.4 is 5.73 Å². The SMILES string of the molecule is CCOCCN(C)C(=O)c1ccc(N)c(Cl)c1. The van der Waals surface area contributed by atoms with E-state index in [1.165, 1.54) is 0 Å². The summed E-state index contributed by atoms with van der Waals surface area (Å²) in [7, 11) is 1.73. The van der Waals surface area contributed by atoms with Crippen molar-refractivity contribution in [2.75, 3.05) is 32.5 Å². The molecule has 0 bridgehead atoms. The number of anilines is 1. The molecule has 0 aliphatic carbocycles. The summed E-state index contributed by atoms with van der Waals surface area (Å²) in [6, 6.07) is 4.88. The maximum absolute atomic E-state index is 12.0. The zero-order valence-electron chi connectivity index (χ0n) is 10.1. The van der Waals surface area contributed by atoms with Crippen LogP contribution in [-0.4, -0.2) is 37.6 Å². The van der Waals surface area contributed by atoms with Gasteiger partial charge in [0, 0.05) is 25.8 Å². The number of likely N-dealkylation sites (N-methyl/N-ethyl adjacent to an activating group) is 1. The van der Waals surface area contributed by atoms with Crippen molar-refractivity contribution in [3.63, 3.8) is 0 Å². The Bertz CT molecular complexity index is 396. The van der Waals surface area contributed by atoms with Crippen LogP contribution in [0.2, 0.25) is 5.02 Å². The summed E-state index contributed by atoms with van der Waals surface area (Å²) >= 11 is 5.87. The lowest BCUT2D eigenvalue weighted by atomic mass is 10.2. The summed E-state index contributed by atoms with van der Waals surface area (Å²) in [4.78, 5) is 13.6. The van der Waals surface area contributed by atoms with Crippen LogP contribution in [0.4, 0.5) is 5.69 Å². The minimum atomic E-state index is -0.0911. The predicted octanol–water partition coefficient (Wildman–Crippen LogP) is 2.03. The number of rotatable bonds is 5. The molecule has 0 radical (unpaired) electrons. The van der Waals surface area contributed by atoms with Crippen molar-refractivity contribution < 1.29 is 9.53 Å². The van der Waals surface area contributed by atoms with Crippen molar-refractivity contribution in [3.8, 4) is 0 Å². The Morgan fingerprint density at radius 3 is 2.82 bits per heavy atom. The fourth-order valence-electron chi connectivity index (χ4n) is 1.33. The number of hydrogen-bond acceptors (Lipinski definition) is 3. The number of benzene rings is 1. The minimum absolute atomic E-state index is 0.0911. The highest BCUT2D eigenvalue weighted by atomic mass is 35.5. The van der Waals surface area contributed by atoms with E-state index < -0.39 is 0 Å². The number of amides is 1. The van der Waals surface area contributed by atoms with Crippen molar-refractivity contribution >= 4 is 23.2 Å². The van der Waals surface area contributed by atoms with Crippen LogP contribution >= 0.6 is 11.6 Å². The van der Waals surface area contributed by atoms with Gasteiger partial charge in [0.25, 0.3) is 5.91 Å². The molecule has 0 unspecified atom stereocenters. The summed E-state index contributed by atoms with van der Waals surface area (Å²) < 4.78 is 5.19. The van der Waals surface area contributed by atoms with Gasteiger partial charge in [0.1, 0.15) is 0 Å². The lowest BCUT2D eigenvalue weighted by Gasteiger charge is -2.17. The second-order valence-corrected chi connectivity index (χ2v) is 4.07. The Morgan fingerprint density at radius 1 is 1.53 bits per heavy atom. The summed E-state index contributed by atoms with van der Waals surface area (Å²) in [6.45, 7) is 3.65. The molecule has 17 heavy (non-hydrogen) atoms. The Hall–Kier alpha value is -1.26. The molecule has 1 amide bonds. The lowest BCUT2D eigenvalue weighted by Crippen LogP contribution is -2.30. The highest BCUT2D eigenvalue weighted by Gasteiger charge is 2.12. The molecule has 0 saturated heterocycles. The number of ether oxygens (including phenoxy) is 1. The van der Waals surface area contributed by atoms with Crippen LogP contribution in [0, 0.1) is 0 Å². The summed E-state index contributed by atoms with van der Waals surface area (Å²) in [6.07, 6.45) is 0. The van der Waals surface area contributed by atoms with Crippen LogP contribution in [0.25, 0.3) is 0 Å². The van der Waals surface area contributed by atoms with Gasteiger partial charge >= 0.3 is 0 Å². The summed E-state index contributed by atoms with van der Waals surface area (Å²) in [5, 5.41) is 0.397. The third-order valence-corrected chi connectivity index (χ3v) is 2.70. The van der Waals surface area contributed by atoms with Gasteiger partial charge < -0.3 is 15.4 Å². The first-order valence-corrected chi connectivity index (χ1v) is 5.82. The lowest BCUT2D eigenvalue weighted by molar-refractivity contribution is 0.0710. The number of hydrogen-bond donors (Lipinski definition) is 1. The van der Waals surface area contributed by atoms with Crippen LogP contribution in [-0.2, 0) is 4.74 Å². The third kappa shape index (κ3) is 3.91. The molecule has 4 nitrogen and oxygen atoms in total. The fourth-order valence-corrected chi connectivity index (χ4v) is 1.51. The zero-order chi connectivity index (χ0) is 12.8. The Kier molecular flexibility index (Phi) is 5.25. The van der Waals surface area contributed by atoms with Gasteiger partial charge in [-0.1, -0.05) is 11.6 Å². The first kappa shape index (κ1) is 13.8. The van der Waals surface area contributed by atoms with Crippen molar-refractivity contribution in [1.82, 2.24) is 4.90 Å². The van der Waals surface area contributed by atoms with Gasteiger partial charge in [0.2, 0.25) is 0 Å². The minimum Gasteiger partial charge on any atom is -0.398 e. The molecule has 0 atom stereocenters. The molecular formula is C12H17ClN2O2. The number of carbonyl (C=O) groups excluding carboxylic acids is 1. The molecule has 0 spiro atoms. The molecule has 94 valence electrons. The maximum Gasteiger partial charge on any atom is 0.253 e. The standard InChI is InChI=1S/C12H17ClN2O2/c1-3-17-7-6-15(2)12(16)9-4-5-11(14)10(13)8-9/h4-5,8H,3,6-7,14H2,1-2H3. The normalized spacial score (nSPS) is 10.3. The number of nitrogen functional groups attached to an aromatic ring is 1. The van der Waals surface area contributed by atoms with E-state index >= 15 is 0 Å². The molecule has 2 N–H and O–H groups in total. The van der Waals surface area contributed by atoms with Crippen molar-refractivity contribution in [3.05, 3.63) is 28.8 Å². The zero-order valence-corrected chi connectivity index (χ0v) is 10.8. The number of halogens is 1. The Balaban J connectivity index is 2.65. The molecule has 0 aliphatic heterocycles. The monoisotopic (exact) mass is 256 g/mol. The molecule has 0 fully saturated rings. The molecule has 0 aromatic heterocycles. The molecule has 1 rings (SSSR count). The molecule has 1 aromatic carbocycles. The van der Waals surface area contributed by atoms with Crippen LogP contribution in [0.1, 0.15) is 17.3 Å². The number of nitrogens with zero attached hydrogens (tertiary/aromatic N) is 1. The topological polar surface area (TPSA) is 55.6 Å². The largest absolute Gasteiger partial charge is 0.398 e. The van der Waals surface area contributed by atoms with E-state index in [2.05, 4.69) is 0 Å². The molecule has 0 heterocycles. The van der Waals surface area contributed by atoms with E-state index in [1.807, 2.05) is 6.92 Å². The van der Waals surface area contributed by atoms with Gasteiger partial charge in [-0.2, -0.15) is 0 Å². The van der Waals surface area contributed by atoms with Gasteiger partial charge in [-0.3, -0.25) is 4.79 Å². The van der Waals surface area contributed by atoms with Gasteiger partial charge in [-0.05, 0) is 25.1 Å². The molecule has 0 saturated carbocycles. The molecule has 0 aliphatic rings. The first-order valence-electron chi connectivity index (χ1n) is 5.44. The highest BCUT2D eigenvalue weighted by Crippen LogP contribution is 2.20. The van der Waals surface area contributed by atoms with Gasteiger partial charge in [0.05, 0.1) is 17.3 Å². The summed E-state index contributed by atoms with van der Waals surface area (Å²) in [5.74, 6) is -0.0911. The van der Waals surface area contributed by atoms with E-state index in [4.69, 9.17) is 22.1 Å². The average Bonchev–Trinajstić information content (AvgIpc) is 2.32. The van der Waals surface area contributed by atoms with E-state index in [0.717, 1.165) is 0 Å². The van der Waals surface area contributed by atoms with Crippen molar-refractivity contribution in [2.24, 2.45) is 0 Å². The van der Waals surface area contributed by atoms with Gasteiger partial charge in [-0.15, -0.1) is 0 Å². The quantitative estimate of drug-likeness (QED) is 0.648. The average molecular weight is 257 g/mol. The smallest absolute Gasteiger partial charge is 0.253 e. The van der Waals surface area contributed by atoms with E-state index in [0.29, 0.717) is 36.0 Å². The van der Waals surface area contributed by atoms with Crippen molar-refractivity contribution in [2.45, 2.75) is 6.92 Å². The predicted molar refractivity (Wildman–Crippen MR) is 69.3 cm³/mol. The molecule has 5 heteroatoms. The van der Waals surface area contributed by atoms with E-state index in [9.17, 15) is 4.79 Å². The summed E-state index contributed by atoms with van der Waals surface area (Å²) in [5.41, 5.74) is 6.59. The van der Waals surface area contributed by atoms with E-state index in [1.54, 1.807) is 30.1 Å². The van der Waals surface area contributed by atoms with Crippen LogP contribution in [0.15, 0.2) is 18.2 Å². The number of carbonyl (C=O) groups is 1. The van der Waals surface area contributed by atoms with Gasteiger partial charge in [0.15, 0.2) is 0 Å². The number of nitrogens with two attached hydrogens (primary N) is 1. The molecule has 1 aromatic rings. The second kappa shape index (κ2) is 6.47. The van der Waals surface area contributed by atoms with Crippen LogP contribution in [0.3, 0.4) is 0 Å².